The maximum absolute atomic E-state index is 5.86. The molecule has 0 aliphatic carbocycles. The van der Waals surface area contributed by atoms with Gasteiger partial charge in [0.1, 0.15) is 0 Å². The minimum Gasteiger partial charge on any atom is -0.454 e. The summed E-state index contributed by atoms with van der Waals surface area (Å²) in [6, 6.07) is 4.20. The Labute approximate surface area is 82.0 Å². The van der Waals surface area contributed by atoms with E-state index in [2.05, 4.69) is 5.32 Å². The summed E-state index contributed by atoms with van der Waals surface area (Å²) in [4.78, 5) is 0. The highest BCUT2D eigenvalue weighted by atomic mass is 16.7. The van der Waals surface area contributed by atoms with Crippen LogP contribution in [0.15, 0.2) is 12.1 Å². The lowest BCUT2D eigenvalue weighted by molar-refractivity contribution is 0.174. The van der Waals surface area contributed by atoms with Crippen molar-refractivity contribution in [2.75, 3.05) is 18.7 Å². The minimum absolute atomic E-state index is 0.197. The van der Waals surface area contributed by atoms with Crippen molar-refractivity contribution in [2.24, 2.45) is 5.73 Å². The summed E-state index contributed by atoms with van der Waals surface area (Å²) < 4.78 is 10.6. The number of hydrogen-bond acceptors (Lipinski definition) is 4. The molecule has 0 saturated heterocycles. The summed E-state index contributed by atoms with van der Waals surface area (Å²) in [6.07, 6.45) is 0.902. The van der Waals surface area contributed by atoms with Crippen LogP contribution in [-0.2, 0) is 6.42 Å². The smallest absolute Gasteiger partial charge is 0.231 e. The van der Waals surface area contributed by atoms with E-state index in [1.165, 1.54) is 5.56 Å². The van der Waals surface area contributed by atoms with Crippen LogP contribution in [0, 0.1) is 0 Å². The highest BCUT2D eigenvalue weighted by Crippen LogP contribution is 2.38. The van der Waals surface area contributed by atoms with Gasteiger partial charge in [-0.2, -0.15) is 0 Å². The zero-order valence-corrected chi connectivity index (χ0v) is 7.75. The first-order valence-electron chi connectivity index (χ1n) is 4.75. The maximum atomic E-state index is 5.86. The molecule has 0 saturated carbocycles. The van der Waals surface area contributed by atoms with E-state index in [4.69, 9.17) is 15.2 Å². The zero-order valence-electron chi connectivity index (χ0n) is 7.75. The number of hydrogen-bond donors (Lipinski definition) is 2. The van der Waals surface area contributed by atoms with Crippen molar-refractivity contribution in [3.63, 3.8) is 0 Å². The fourth-order valence-electron chi connectivity index (χ4n) is 1.91. The van der Waals surface area contributed by atoms with Crippen molar-refractivity contribution < 1.29 is 9.47 Å². The highest BCUT2D eigenvalue weighted by Gasteiger charge is 2.21. The van der Waals surface area contributed by atoms with Crippen molar-refractivity contribution in [1.29, 1.82) is 0 Å². The van der Waals surface area contributed by atoms with Gasteiger partial charge in [-0.05, 0) is 18.1 Å². The van der Waals surface area contributed by atoms with Crippen LogP contribution >= 0.6 is 0 Å². The Balaban J connectivity index is 2.06. The predicted molar refractivity (Wildman–Crippen MR) is 52.7 cm³/mol. The molecule has 2 aliphatic rings. The number of benzene rings is 1. The molecule has 4 nitrogen and oxygen atoms in total. The van der Waals surface area contributed by atoms with Gasteiger partial charge in [0.2, 0.25) is 6.79 Å². The van der Waals surface area contributed by atoms with Crippen LogP contribution in [0.5, 0.6) is 11.5 Å². The second-order valence-electron chi connectivity index (χ2n) is 3.71. The van der Waals surface area contributed by atoms with Crippen LogP contribution in [0.2, 0.25) is 0 Å². The molecule has 0 amide bonds. The third-order valence-electron chi connectivity index (χ3n) is 2.64. The highest BCUT2D eigenvalue weighted by molar-refractivity contribution is 5.62. The van der Waals surface area contributed by atoms with Crippen LogP contribution in [-0.4, -0.2) is 19.4 Å². The largest absolute Gasteiger partial charge is 0.454 e. The van der Waals surface area contributed by atoms with Crippen LogP contribution in [0.25, 0.3) is 0 Å². The third-order valence-corrected chi connectivity index (χ3v) is 2.64. The number of nitrogens with one attached hydrogen (secondary N) is 1. The molecule has 2 aliphatic heterocycles. The molecule has 4 heteroatoms. The second kappa shape index (κ2) is 2.78. The Hall–Kier alpha value is -1.42. The molecule has 0 aromatic heterocycles. The number of ether oxygens (including phenoxy) is 2. The van der Waals surface area contributed by atoms with Crippen molar-refractivity contribution in [1.82, 2.24) is 0 Å². The Kier molecular flexibility index (Phi) is 1.58. The molecule has 2 heterocycles. The molecule has 1 atom stereocenters. The summed E-state index contributed by atoms with van der Waals surface area (Å²) in [5, 5.41) is 3.28. The Morgan fingerprint density at radius 2 is 2.07 bits per heavy atom. The number of anilines is 1. The van der Waals surface area contributed by atoms with Crippen molar-refractivity contribution in [3.05, 3.63) is 17.7 Å². The number of fused-ring (bicyclic) bond motifs is 2. The fourth-order valence-corrected chi connectivity index (χ4v) is 1.91. The average Bonchev–Trinajstić information content (AvgIpc) is 2.61. The lowest BCUT2D eigenvalue weighted by atomic mass is 10.00. The number of nitrogens with two attached hydrogens (primary N) is 1. The topological polar surface area (TPSA) is 56.5 Å². The quantitative estimate of drug-likeness (QED) is 0.635. The van der Waals surface area contributed by atoms with Gasteiger partial charge in [0.25, 0.3) is 0 Å². The first-order chi connectivity index (χ1) is 6.83. The maximum Gasteiger partial charge on any atom is 0.231 e. The average molecular weight is 192 g/mol. The van der Waals surface area contributed by atoms with Crippen LogP contribution in [0.4, 0.5) is 5.69 Å². The van der Waals surface area contributed by atoms with Gasteiger partial charge in [-0.1, -0.05) is 0 Å². The van der Waals surface area contributed by atoms with E-state index < -0.39 is 0 Å². The van der Waals surface area contributed by atoms with E-state index in [1.54, 1.807) is 0 Å². The SMILES string of the molecule is NC1CNc2cc3c(cc2C1)OCO3. The molecule has 3 N–H and O–H groups in total. The van der Waals surface area contributed by atoms with Gasteiger partial charge < -0.3 is 20.5 Å². The molecule has 1 aromatic carbocycles. The summed E-state index contributed by atoms with van der Waals surface area (Å²) in [7, 11) is 0. The van der Waals surface area contributed by atoms with Crippen molar-refractivity contribution in [2.45, 2.75) is 12.5 Å². The molecule has 0 radical (unpaired) electrons. The summed E-state index contributed by atoms with van der Waals surface area (Å²) >= 11 is 0. The molecule has 1 aromatic rings. The molecule has 3 rings (SSSR count). The Morgan fingerprint density at radius 3 is 2.93 bits per heavy atom. The van der Waals surface area contributed by atoms with Gasteiger partial charge in [0.15, 0.2) is 11.5 Å². The van der Waals surface area contributed by atoms with E-state index in [1.807, 2.05) is 12.1 Å². The Morgan fingerprint density at radius 1 is 1.29 bits per heavy atom. The lowest BCUT2D eigenvalue weighted by Crippen LogP contribution is -2.35. The monoisotopic (exact) mass is 192 g/mol. The van der Waals surface area contributed by atoms with E-state index >= 15 is 0 Å². The first-order valence-corrected chi connectivity index (χ1v) is 4.75. The van der Waals surface area contributed by atoms with Crippen molar-refractivity contribution in [3.8, 4) is 11.5 Å². The van der Waals surface area contributed by atoms with E-state index in [9.17, 15) is 0 Å². The predicted octanol–water partition coefficient (Wildman–Crippen LogP) is 0.711. The van der Waals surface area contributed by atoms with Gasteiger partial charge in [-0.25, -0.2) is 0 Å². The van der Waals surface area contributed by atoms with Gasteiger partial charge >= 0.3 is 0 Å². The molecule has 0 bridgehead atoms. The molecular weight excluding hydrogens is 180 g/mol. The minimum atomic E-state index is 0.197. The van der Waals surface area contributed by atoms with E-state index in [-0.39, 0.29) is 6.04 Å². The summed E-state index contributed by atoms with van der Waals surface area (Å²) in [5.41, 5.74) is 8.20. The van der Waals surface area contributed by atoms with Gasteiger partial charge in [0, 0.05) is 24.3 Å². The van der Waals surface area contributed by atoms with Crippen LogP contribution in [0.1, 0.15) is 5.56 Å². The third kappa shape index (κ3) is 1.11. The van der Waals surface area contributed by atoms with Gasteiger partial charge in [-0.15, -0.1) is 0 Å². The molecule has 74 valence electrons. The first kappa shape index (κ1) is 7.94. The van der Waals surface area contributed by atoms with Crippen LogP contribution < -0.4 is 20.5 Å². The molecule has 14 heavy (non-hydrogen) atoms. The molecule has 1 unspecified atom stereocenters. The Bertz CT molecular complexity index is 379. The fraction of sp³-hybridized carbons (Fsp3) is 0.400. The molecular formula is C10H12N2O2. The summed E-state index contributed by atoms with van der Waals surface area (Å²) in [5.74, 6) is 1.66. The zero-order chi connectivity index (χ0) is 9.54. The second-order valence-corrected chi connectivity index (χ2v) is 3.71. The van der Waals surface area contributed by atoms with Crippen molar-refractivity contribution >= 4 is 5.69 Å². The van der Waals surface area contributed by atoms with Crippen LogP contribution in [0.3, 0.4) is 0 Å². The van der Waals surface area contributed by atoms with Gasteiger partial charge in [-0.3, -0.25) is 0 Å². The standard InChI is InChI=1S/C10H12N2O2/c11-7-1-6-2-9-10(14-5-13-9)3-8(6)12-4-7/h2-3,7,12H,1,4-5,11H2. The summed E-state index contributed by atoms with van der Waals surface area (Å²) in [6.45, 7) is 1.15. The van der Waals surface area contributed by atoms with E-state index in [0.29, 0.717) is 6.79 Å². The normalized spacial score (nSPS) is 22.8. The number of rotatable bonds is 0. The lowest BCUT2D eigenvalue weighted by Gasteiger charge is -2.23. The van der Waals surface area contributed by atoms with Gasteiger partial charge in [0.05, 0.1) is 0 Å². The van der Waals surface area contributed by atoms with E-state index in [0.717, 1.165) is 30.2 Å². The molecule has 0 fully saturated rings. The molecule has 0 spiro atoms.